The minimum Gasteiger partial charge on any atom is -0.497 e. The fraction of sp³-hybridized carbons (Fsp3) is 0.250. The summed E-state index contributed by atoms with van der Waals surface area (Å²) >= 11 is 0. The molecule has 0 spiro atoms. The molecule has 0 heterocycles. The van der Waals surface area contributed by atoms with Crippen molar-refractivity contribution in [1.82, 2.24) is 0 Å². The Morgan fingerprint density at radius 3 is 2.64 bits per heavy atom. The first-order valence-electron chi connectivity index (χ1n) is 3.90. The highest BCUT2D eigenvalue weighted by molar-refractivity contribution is 7.52. The topological polar surface area (TPSA) is 92.8 Å². The molecule has 6 heteroatoms. The van der Waals surface area contributed by atoms with E-state index in [1.54, 1.807) is 18.2 Å². The minimum absolute atomic E-state index is 0.359. The highest BCUT2D eigenvalue weighted by atomic mass is 31.2. The second kappa shape index (κ2) is 4.11. The van der Waals surface area contributed by atoms with Crippen LogP contribution in [0.15, 0.2) is 24.3 Å². The van der Waals surface area contributed by atoms with Gasteiger partial charge in [0.2, 0.25) is 0 Å². The summed E-state index contributed by atoms with van der Waals surface area (Å²) in [7, 11) is -2.81. The van der Waals surface area contributed by atoms with Gasteiger partial charge in [0.05, 0.1) is 7.11 Å². The summed E-state index contributed by atoms with van der Waals surface area (Å²) in [5.41, 5.74) is 5.74. The van der Waals surface area contributed by atoms with Gasteiger partial charge in [0.25, 0.3) is 0 Å². The highest BCUT2D eigenvalue weighted by Gasteiger charge is 2.26. The molecule has 1 atom stereocenters. The van der Waals surface area contributed by atoms with Gasteiger partial charge >= 0.3 is 7.60 Å². The zero-order valence-corrected chi connectivity index (χ0v) is 8.52. The number of hydrogen-bond donors (Lipinski definition) is 3. The lowest BCUT2D eigenvalue weighted by atomic mass is 10.2. The monoisotopic (exact) mass is 217 g/mol. The van der Waals surface area contributed by atoms with Crippen LogP contribution in [-0.2, 0) is 4.57 Å². The molecule has 1 rings (SSSR count). The van der Waals surface area contributed by atoms with E-state index in [0.29, 0.717) is 11.3 Å². The predicted molar refractivity (Wildman–Crippen MR) is 52.0 cm³/mol. The molecule has 0 radical (unpaired) electrons. The number of methoxy groups -OCH3 is 1. The Labute approximate surface area is 81.7 Å². The molecule has 0 aliphatic heterocycles. The maximum absolute atomic E-state index is 10.9. The maximum Gasteiger partial charge on any atom is 0.346 e. The smallest absolute Gasteiger partial charge is 0.346 e. The SMILES string of the molecule is COc1cccc([C@H](N)P(=O)(O)O)c1. The van der Waals surface area contributed by atoms with Gasteiger partial charge in [0.1, 0.15) is 11.5 Å². The fourth-order valence-electron chi connectivity index (χ4n) is 1.02. The van der Waals surface area contributed by atoms with E-state index < -0.39 is 13.4 Å². The Morgan fingerprint density at radius 1 is 1.50 bits per heavy atom. The summed E-state index contributed by atoms with van der Waals surface area (Å²) in [5.74, 6) is -0.774. The Hall–Kier alpha value is -0.870. The van der Waals surface area contributed by atoms with Gasteiger partial charge in [-0.25, -0.2) is 0 Å². The van der Waals surface area contributed by atoms with Crippen molar-refractivity contribution in [3.05, 3.63) is 29.8 Å². The Bertz CT molecular complexity index is 362. The number of rotatable bonds is 3. The van der Waals surface area contributed by atoms with Gasteiger partial charge in [0.15, 0.2) is 0 Å². The molecule has 0 aliphatic rings. The van der Waals surface area contributed by atoms with Crippen molar-refractivity contribution in [2.75, 3.05) is 7.11 Å². The molecule has 0 amide bonds. The van der Waals surface area contributed by atoms with Gasteiger partial charge in [-0.2, -0.15) is 0 Å². The predicted octanol–water partition coefficient (Wildman–Crippen LogP) is 0.830. The lowest BCUT2D eigenvalue weighted by Gasteiger charge is -2.14. The zero-order valence-electron chi connectivity index (χ0n) is 7.62. The van der Waals surface area contributed by atoms with Crippen LogP contribution in [0.1, 0.15) is 11.3 Å². The molecule has 0 fully saturated rings. The van der Waals surface area contributed by atoms with Crippen LogP contribution >= 0.6 is 7.60 Å². The van der Waals surface area contributed by atoms with E-state index in [1.165, 1.54) is 13.2 Å². The van der Waals surface area contributed by atoms with Crippen molar-refractivity contribution < 1.29 is 19.1 Å². The first kappa shape index (κ1) is 11.2. The van der Waals surface area contributed by atoms with Crippen LogP contribution in [0.4, 0.5) is 0 Å². The van der Waals surface area contributed by atoms with Gasteiger partial charge in [-0.3, -0.25) is 4.57 Å². The van der Waals surface area contributed by atoms with Crippen molar-refractivity contribution in [2.45, 2.75) is 5.78 Å². The van der Waals surface area contributed by atoms with Gasteiger partial charge in [-0.15, -0.1) is 0 Å². The quantitative estimate of drug-likeness (QED) is 0.652. The molecule has 1 aromatic carbocycles. The lowest BCUT2D eigenvalue weighted by molar-refractivity contribution is 0.359. The second-order valence-corrected chi connectivity index (χ2v) is 4.55. The van der Waals surface area contributed by atoms with Crippen molar-refractivity contribution in [3.63, 3.8) is 0 Å². The van der Waals surface area contributed by atoms with Crippen LogP contribution in [-0.4, -0.2) is 16.9 Å². The van der Waals surface area contributed by atoms with Crippen molar-refractivity contribution in [2.24, 2.45) is 5.73 Å². The van der Waals surface area contributed by atoms with Crippen LogP contribution in [0.25, 0.3) is 0 Å². The zero-order chi connectivity index (χ0) is 10.8. The average molecular weight is 217 g/mol. The van der Waals surface area contributed by atoms with Crippen LogP contribution in [0, 0.1) is 0 Å². The molecule has 0 aromatic heterocycles. The normalized spacial score (nSPS) is 13.7. The van der Waals surface area contributed by atoms with Crippen LogP contribution in [0.2, 0.25) is 0 Å². The Kier molecular flexibility index (Phi) is 3.29. The van der Waals surface area contributed by atoms with Crippen molar-refractivity contribution in [1.29, 1.82) is 0 Å². The van der Waals surface area contributed by atoms with E-state index in [0.717, 1.165) is 0 Å². The van der Waals surface area contributed by atoms with E-state index in [-0.39, 0.29) is 0 Å². The molecule has 0 aliphatic carbocycles. The van der Waals surface area contributed by atoms with E-state index in [9.17, 15) is 4.57 Å². The fourth-order valence-corrected chi connectivity index (χ4v) is 1.57. The molecule has 1 aromatic rings. The van der Waals surface area contributed by atoms with E-state index in [4.69, 9.17) is 20.3 Å². The van der Waals surface area contributed by atoms with E-state index in [2.05, 4.69) is 0 Å². The standard InChI is InChI=1S/C8H12NO4P/c1-13-7-4-2-3-6(5-7)8(9)14(10,11)12/h2-5,8H,9H2,1H3,(H2,10,11,12)/t8-/m1/s1. The van der Waals surface area contributed by atoms with E-state index in [1.807, 2.05) is 0 Å². The van der Waals surface area contributed by atoms with Crippen molar-refractivity contribution in [3.8, 4) is 5.75 Å². The summed E-state index contributed by atoms with van der Waals surface area (Å²) < 4.78 is 15.8. The molecule has 4 N–H and O–H groups in total. The van der Waals surface area contributed by atoms with Gasteiger partial charge in [0, 0.05) is 0 Å². The maximum atomic E-state index is 10.9. The van der Waals surface area contributed by atoms with E-state index >= 15 is 0 Å². The number of benzene rings is 1. The highest BCUT2D eigenvalue weighted by Crippen LogP contribution is 2.48. The molecule has 78 valence electrons. The summed E-state index contributed by atoms with van der Waals surface area (Å²) in [5, 5.41) is 0. The molecule has 14 heavy (non-hydrogen) atoms. The van der Waals surface area contributed by atoms with Gasteiger partial charge < -0.3 is 20.3 Å². The van der Waals surface area contributed by atoms with Crippen LogP contribution in [0.3, 0.4) is 0 Å². The number of hydrogen-bond acceptors (Lipinski definition) is 3. The summed E-state index contributed by atoms with van der Waals surface area (Å²) in [4.78, 5) is 17.7. The third-order valence-electron chi connectivity index (χ3n) is 1.80. The Morgan fingerprint density at radius 2 is 2.14 bits per heavy atom. The van der Waals surface area contributed by atoms with Crippen molar-refractivity contribution >= 4 is 7.60 Å². The molecule has 0 saturated carbocycles. The van der Waals surface area contributed by atoms with Gasteiger partial charge in [-0.05, 0) is 17.7 Å². The average Bonchev–Trinajstić information content (AvgIpc) is 2.15. The number of nitrogens with two attached hydrogens (primary N) is 1. The lowest BCUT2D eigenvalue weighted by Crippen LogP contribution is -2.10. The van der Waals surface area contributed by atoms with Crippen LogP contribution < -0.4 is 10.5 Å². The minimum atomic E-state index is -4.29. The number of ether oxygens (including phenoxy) is 1. The summed E-state index contributed by atoms with van der Waals surface area (Å²) in [6, 6.07) is 6.36. The second-order valence-electron chi connectivity index (χ2n) is 2.81. The molecule has 0 unspecified atom stereocenters. The molecular formula is C8H12NO4P. The third kappa shape index (κ3) is 2.56. The molecule has 0 bridgehead atoms. The summed E-state index contributed by atoms with van der Waals surface area (Å²) in [6.45, 7) is 0. The summed E-state index contributed by atoms with van der Waals surface area (Å²) in [6.07, 6.45) is 0. The largest absolute Gasteiger partial charge is 0.497 e. The van der Waals surface area contributed by atoms with Gasteiger partial charge in [-0.1, -0.05) is 12.1 Å². The molecular weight excluding hydrogens is 205 g/mol. The van der Waals surface area contributed by atoms with Crippen LogP contribution in [0.5, 0.6) is 5.75 Å². The first-order chi connectivity index (χ1) is 6.45. The third-order valence-corrected chi connectivity index (χ3v) is 2.82. The Balaban J connectivity index is 3.01. The molecule has 0 saturated heterocycles. The molecule has 5 nitrogen and oxygen atoms in total. The first-order valence-corrected chi connectivity index (χ1v) is 5.58.